The first-order valence-corrected chi connectivity index (χ1v) is 7.85. The molecule has 1 aromatic carbocycles. The highest BCUT2D eigenvalue weighted by Gasteiger charge is 2.46. The standard InChI is InChI=1S/C15H18BrNO2/c16-12-5-11(10-1-4-17-7-10)6-13-14(12)19-9-15(2-3-15)8-18-13/h5-6,10,17H,1-4,7-9H2. The van der Waals surface area contributed by atoms with Crippen LogP contribution in [0.1, 0.15) is 30.7 Å². The van der Waals surface area contributed by atoms with Gasteiger partial charge < -0.3 is 14.8 Å². The van der Waals surface area contributed by atoms with Gasteiger partial charge in [-0.3, -0.25) is 0 Å². The van der Waals surface area contributed by atoms with Gasteiger partial charge in [0.25, 0.3) is 0 Å². The fraction of sp³-hybridized carbons (Fsp3) is 0.600. The topological polar surface area (TPSA) is 30.5 Å². The summed E-state index contributed by atoms with van der Waals surface area (Å²) in [6.07, 6.45) is 3.67. The van der Waals surface area contributed by atoms with Crippen molar-refractivity contribution in [3.8, 4) is 11.5 Å². The predicted molar refractivity (Wildman–Crippen MR) is 77.0 cm³/mol. The van der Waals surface area contributed by atoms with Crippen LogP contribution in [0.4, 0.5) is 0 Å². The minimum absolute atomic E-state index is 0.299. The monoisotopic (exact) mass is 323 g/mol. The number of hydrogen-bond donors (Lipinski definition) is 1. The second-order valence-electron chi connectivity index (χ2n) is 6.10. The van der Waals surface area contributed by atoms with E-state index in [1.807, 2.05) is 0 Å². The summed E-state index contributed by atoms with van der Waals surface area (Å²) in [6, 6.07) is 4.38. The maximum absolute atomic E-state index is 6.03. The maximum atomic E-state index is 6.03. The summed E-state index contributed by atoms with van der Waals surface area (Å²) in [4.78, 5) is 0. The van der Waals surface area contributed by atoms with Gasteiger partial charge in [0.1, 0.15) is 0 Å². The highest BCUT2D eigenvalue weighted by atomic mass is 79.9. The van der Waals surface area contributed by atoms with E-state index in [-0.39, 0.29) is 0 Å². The van der Waals surface area contributed by atoms with Crippen LogP contribution in [0.15, 0.2) is 16.6 Å². The van der Waals surface area contributed by atoms with Crippen LogP contribution in [0, 0.1) is 5.41 Å². The van der Waals surface area contributed by atoms with Crippen LogP contribution in [0.25, 0.3) is 0 Å². The van der Waals surface area contributed by atoms with Gasteiger partial charge in [0, 0.05) is 12.0 Å². The zero-order valence-corrected chi connectivity index (χ0v) is 12.5. The van der Waals surface area contributed by atoms with E-state index in [9.17, 15) is 0 Å². The molecule has 2 fully saturated rings. The van der Waals surface area contributed by atoms with E-state index in [0.29, 0.717) is 11.3 Å². The number of halogens is 1. The van der Waals surface area contributed by atoms with E-state index in [2.05, 4.69) is 33.4 Å². The second kappa shape index (κ2) is 4.38. The van der Waals surface area contributed by atoms with E-state index in [0.717, 1.165) is 42.3 Å². The second-order valence-corrected chi connectivity index (χ2v) is 6.95. The van der Waals surface area contributed by atoms with Crippen LogP contribution in [0.5, 0.6) is 11.5 Å². The fourth-order valence-electron chi connectivity index (χ4n) is 2.97. The third kappa shape index (κ3) is 2.15. The maximum Gasteiger partial charge on any atom is 0.175 e. The molecule has 1 saturated heterocycles. The first-order chi connectivity index (χ1) is 9.26. The van der Waals surface area contributed by atoms with Gasteiger partial charge >= 0.3 is 0 Å². The summed E-state index contributed by atoms with van der Waals surface area (Å²) in [5.41, 5.74) is 1.65. The number of nitrogens with one attached hydrogen (secondary N) is 1. The molecule has 0 bridgehead atoms. The zero-order valence-electron chi connectivity index (χ0n) is 10.9. The quantitative estimate of drug-likeness (QED) is 0.861. The van der Waals surface area contributed by atoms with Crippen LogP contribution < -0.4 is 14.8 Å². The summed E-state index contributed by atoms with van der Waals surface area (Å²) in [5.74, 6) is 2.40. The lowest BCUT2D eigenvalue weighted by atomic mass is 9.98. The van der Waals surface area contributed by atoms with Crippen LogP contribution in [0.3, 0.4) is 0 Å². The van der Waals surface area contributed by atoms with Crippen LogP contribution in [0.2, 0.25) is 0 Å². The fourth-order valence-corrected chi connectivity index (χ4v) is 3.55. The molecule has 102 valence electrons. The first kappa shape index (κ1) is 12.0. The van der Waals surface area contributed by atoms with Gasteiger partial charge in [0.15, 0.2) is 11.5 Å². The Kier molecular flexibility index (Phi) is 2.78. The average molecular weight is 324 g/mol. The molecule has 19 heavy (non-hydrogen) atoms. The number of rotatable bonds is 1. The zero-order chi connectivity index (χ0) is 12.9. The van der Waals surface area contributed by atoms with Gasteiger partial charge in [0.2, 0.25) is 0 Å². The number of fused-ring (bicyclic) bond motifs is 1. The largest absolute Gasteiger partial charge is 0.489 e. The Morgan fingerprint density at radius 1 is 1.21 bits per heavy atom. The van der Waals surface area contributed by atoms with Gasteiger partial charge in [-0.2, -0.15) is 0 Å². The molecule has 1 N–H and O–H groups in total. The lowest BCUT2D eigenvalue weighted by Gasteiger charge is -2.14. The predicted octanol–water partition coefficient (Wildman–Crippen LogP) is 3.08. The Balaban J connectivity index is 1.67. The molecule has 0 amide bonds. The molecule has 4 heteroatoms. The molecule has 0 radical (unpaired) electrons. The first-order valence-electron chi connectivity index (χ1n) is 7.06. The molecule has 1 atom stereocenters. The Labute approximate surface area is 121 Å². The molecular formula is C15H18BrNO2. The smallest absolute Gasteiger partial charge is 0.175 e. The van der Waals surface area contributed by atoms with Crippen molar-refractivity contribution in [2.45, 2.75) is 25.2 Å². The van der Waals surface area contributed by atoms with Crippen molar-refractivity contribution >= 4 is 15.9 Å². The SMILES string of the molecule is Brc1cc(C2CCNC2)cc2c1OCC1(CC1)CO2. The normalized spacial score (nSPS) is 27.3. The van der Waals surface area contributed by atoms with Crippen molar-refractivity contribution in [2.75, 3.05) is 26.3 Å². The lowest BCUT2D eigenvalue weighted by molar-refractivity contribution is 0.196. The van der Waals surface area contributed by atoms with Crippen molar-refractivity contribution in [3.05, 3.63) is 22.2 Å². The Bertz CT molecular complexity index is 507. The van der Waals surface area contributed by atoms with Gasteiger partial charge in [-0.05, 0) is 65.4 Å². The number of benzene rings is 1. The summed E-state index contributed by atoms with van der Waals surface area (Å²) >= 11 is 3.65. The van der Waals surface area contributed by atoms with E-state index in [1.54, 1.807) is 0 Å². The average Bonchev–Trinajstić information content (AvgIpc) is 3.02. The minimum atomic E-state index is 0.299. The molecule has 3 aliphatic rings. The molecule has 1 saturated carbocycles. The van der Waals surface area contributed by atoms with Crippen molar-refractivity contribution in [2.24, 2.45) is 5.41 Å². The van der Waals surface area contributed by atoms with Crippen molar-refractivity contribution in [1.29, 1.82) is 0 Å². The molecule has 4 rings (SSSR count). The van der Waals surface area contributed by atoms with Crippen LogP contribution in [-0.2, 0) is 0 Å². The van der Waals surface area contributed by atoms with Gasteiger partial charge in [0.05, 0.1) is 17.7 Å². The van der Waals surface area contributed by atoms with Crippen LogP contribution >= 0.6 is 15.9 Å². The van der Waals surface area contributed by atoms with Crippen molar-refractivity contribution < 1.29 is 9.47 Å². The molecule has 2 aliphatic heterocycles. The summed E-state index contributed by atoms with van der Waals surface area (Å²) in [6.45, 7) is 3.78. The third-order valence-electron chi connectivity index (χ3n) is 4.58. The highest BCUT2D eigenvalue weighted by molar-refractivity contribution is 9.10. The number of ether oxygens (including phenoxy) is 2. The Morgan fingerprint density at radius 2 is 2.05 bits per heavy atom. The molecule has 1 unspecified atom stereocenters. The lowest BCUT2D eigenvalue weighted by Crippen LogP contribution is -2.17. The van der Waals surface area contributed by atoms with Gasteiger partial charge in [-0.1, -0.05) is 0 Å². The Hall–Kier alpha value is -0.740. The molecule has 2 heterocycles. The van der Waals surface area contributed by atoms with Crippen LogP contribution in [-0.4, -0.2) is 26.3 Å². The summed E-state index contributed by atoms with van der Waals surface area (Å²) < 4.78 is 13.1. The molecule has 1 aliphatic carbocycles. The van der Waals surface area contributed by atoms with E-state index in [4.69, 9.17) is 9.47 Å². The van der Waals surface area contributed by atoms with Gasteiger partial charge in [-0.25, -0.2) is 0 Å². The Morgan fingerprint density at radius 3 is 2.79 bits per heavy atom. The molecule has 0 aromatic heterocycles. The van der Waals surface area contributed by atoms with Gasteiger partial charge in [-0.15, -0.1) is 0 Å². The van der Waals surface area contributed by atoms with E-state index < -0.39 is 0 Å². The molecule has 1 spiro atoms. The highest BCUT2D eigenvalue weighted by Crippen LogP contribution is 2.50. The summed E-state index contributed by atoms with van der Waals surface area (Å²) in [7, 11) is 0. The molecular weight excluding hydrogens is 306 g/mol. The minimum Gasteiger partial charge on any atom is -0.489 e. The number of hydrogen-bond acceptors (Lipinski definition) is 3. The molecule has 3 nitrogen and oxygen atoms in total. The van der Waals surface area contributed by atoms with Crippen molar-refractivity contribution in [3.63, 3.8) is 0 Å². The molecule has 1 aromatic rings. The third-order valence-corrected chi connectivity index (χ3v) is 5.17. The van der Waals surface area contributed by atoms with Crippen molar-refractivity contribution in [1.82, 2.24) is 5.32 Å². The van der Waals surface area contributed by atoms with E-state index in [1.165, 1.54) is 24.8 Å². The van der Waals surface area contributed by atoms with E-state index >= 15 is 0 Å². The summed E-state index contributed by atoms with van der Waals surface area (Å²) in [5, 5.41) is 3.42.